The fraction of sp³-hybridized carbons (Fsp3) is 0.167. The number of rotatable bonds is 2. The highest BCUT2D eigenvalue weighted by molar-refractivity contribution is 6.23. The summed E-state index contributed by atoms with van der Waals surface area (Å²) in [4.78, 5) is 0. The Morgan fingerprint density at radius 2 is 2.62 bits per heavy atom. The summed E-state index contributed by atoms with van der Waals surface area (Å²) in [6.45, 7) is 0. The Hall–Kier alpha value is -0.430. The summed E-state index contributed by atoms with van der Waals surface area (Å²) in [6.07, 6.45) is 2.34. The maximum Gasteiger partial charge on any atom is 0.105 e. The molecule has 1 nitrogen and oxygen atoms in total. The van der Waals surface area contributed by atoms with E-state index in [1.54, 1.807) is 12.1 Å². The SMILES string of the molecule is Cl[CH]Cc1ccco1. The van der Waals surface area contributed by atoms with Crippen molar-refractivity contribution in [2.45, 2.75) is 6.42 Å². The molecule has 1 aromatic rings. The third-order valence-corrected chi connectivity index (χ3v) is 1.01. The van der Waals surface area contributed by atoms with E-state index in [-0.39, 0.29) is 0 Å². The van der Waals surface area contributed by atoms with Crippen molar-refractivity contribution in [3.05, 3.63) is 30.0 Å². The van der Waals surface area contributed by atoms with Crippen LogP contribution in [0, 0.1) is 5.88 Å². The summed E-state index contributed by atoms with van der Waals surface area (Å²) in [5.41, 5.74) is 0. The molecular formula is C6H6ClO. The fourth-order valence-electron chi connectivity index (χ4n) is 0.505. The quantitative estimate of drug-likeness (QED) is 0.597. The molecule has 0 saturated heterocycles. The van der Waals surface area contributed by atoms with Crippen LogP contribution in [0.2, 0.25) is 0 Å². The molecule has 0 aliphatic heterocycles. The highest BCUT2D eigenvalue weighted by atomic mass is 35.5. The largest absolute Gasteiger partial charge is 0.469 e. The number of halogens is 1. The van der Waals surface area contributed by atoms with Gasteiger partial charge in [-0.1, -0.05) is 0 Å². The topological polar surface area (TPSA) is 13.1 Å². The Bertz CT molecular complexity index is 134. The number of hydrogen-bond acceptors (Lipinski definition) is 1. The van der Waals surface area contributed by atoms with Crippen molar-refractivity contribution < 1.29 is 4.42 Å². The first-order chi connectivity index (χ1) is 3.93. The molecule has 0 bridgehead atoms. The lowest BCUT2D eigenvalue weighted by molar-refractivity contribution is 0.521. The summed E-state index contributed by atoms with van der Waals surface area (Å²) in [5, 5.41) is 0. The van der Waals surface area contributed by atoms with E-state index >= 15 is 0 Å². The van der Waals surface area contributed by atoms with Crippen LogP contribution in [-0.4, -0.2) is 0 Å². The fourth-order valence-corrected chi connectivity index (χ4v) is 0.657. The van der Waals surface area contributed by atoms with Crippen LogP contribution in [0.3, 0.4) is 0 Å². The molecule has 0 amide bonds. The maximum absolute atomic E-state index is 5.31. The van der Waals surface area contributed by atoms with Crippen molar-refractivity contribution in [1.29, 1.82) is 0 Å². The minimum atomic E-state index is 0.703. The van der Waals surface area contributed by atoms with Gasteiger partial charge in [0.15, 0.2) is 0 Å². The molecule has 0 aliphatic carbocycles. The predicted octanol–water partition coefficient (Wildman–Crippen LogP) is 2.22. The van der Waals surface area contributed by atoms with Crippen LogP contribution in [0.15, 0.2) is 22.8 Å². The van der Waals surface area contributed by atoms with Gasteiger partial charge in [0.1, 0.15) is 5.76 Å². The van der Waals surface area contributed by atoms with Gasteiger partial charge in [-0.2, -0.15) is 0 Å². The van der Waals surface area contributed by atoms with Crippen molar-refractivity contribution in [2.75, 3.05) is 0 Å². The summed E-state index contributed by atoms with van der Waals surface area (Å²) >= 11 is 5.31. The molecule has 0 aromatic carbocycles. The predicted molar refractivity (Wildman–Crippen MR) is 32.6 cm³/mol. The molecule has 1 radical (unpaired) electrons. The molecule has 0 unspecified atom stereocenters. The van der Waals surface area contributed by atoms with Gasteiger partial charge in [0, 0.05) is 6.42 Å². The van der Waals surface area contributed by atoms with Gasteiger partial charge in [0.05, 0.1) is 12.1 Å². The van der Waals surface area contributed by atoms with E-state index in [1.807, 2.05) is 12.1 Å². The highest BCUT2D eigenvalue weighted by Gasteiger charge is 1.90. The molecule has 0 spiro atoms. The van der Waals surface area contributed by atoms with Crippen molar-refractivity contribution in [2.24, 2.45) is 0 Å². The lowest BCUT2D eigenvalue weighted by Gasteiger charge is -1.83. The molecule has 0 fully saturated rings. The van der Waals surface area contributed by atoms with Crippen molar-refractivity contribution in [1.82, 2.24) is 0 Å². The van der Waals surface area contributed by atoms with Crippen molar-refractivity contribution in [3.63, 3.8) is 0 Å². The Morgan fingerprint density at radius 3 is 3.12 bits per heavy atom. The third-order valence-electron chi connectivity index (χ3n) is 0.858. The van der Waals surface area contributed by atoms with Crippen LogP contribution in [0.1, 0.15) is 5.76 Å². The second-order valence-corrected chi connectivity index (χ2v) is 1.75. The first-order valence-electron chi connectivity index (χ1n) is 2.38. The molecule has 0 atom stereocenters. The van der Waals surface area contributed by atoms with Gasteiger partial charge >= 0.3 is 0 Å². The first kappa shape index (κ1) is 5.70. The smallest absolute Gasteiger partial charge is 0.105 e. The third kappa shape index (κ3) is 1.27. The number of furan rings is 1. The minimum Gasteiger partial charge on any atom is -0.469 e. The Morgan fingerprint density at radius 1 is 1.75 bits per heavy atom. The zero-order valence-electron chi connectivity index (χ0n) is 4.30. The average molecular weight is 130 g/mol. The maximum atomic E-state index is 5.31. The van der Waals surface area contributed by atoms with Gasteiger partial charge in [-0.25, -0.2) is 0 Å². The van der Waals surface area contributed by atoms with Crippen LogP contribution in [-0.2, 0) is 6.42 Å². The molecule has 1 aromatic heterocycles. The Labute approximate surface area is 53.3 Å². The lowest BCUT2D eigenvalue weighted by Crippen LogP contribution is -1.72. The monoisotopic (exact) mass is 129 g/mol. The van der Waals surface area contributed by atoms with Gasteiger partial charge < -0.3 is 4.42 Å². The Kier molecular flexibility index (Phi) is 1.98. The lowest BCUT2D eigenvalue weighted by atomic mass is 10.4. The molecule has 0 N–H and O–H groups in total. The standard InChI is InChI=1S/C6H6ClO/c7-4-3-6-2-1-5-8-6/h1-2,4-5H,3H2. The summed E-state index contributed by atoms with van der Waals surface area (Å²) in [6, 6.07) is 3.73. The first-order valence-corrected chi connectivity index (χ1v) is 2.81. The van der Waals surface area contributed by atoms with E-state index < -0.39 is 0 Å². The van der Waals surface area contributed by atoms with Crippen LogP contribution >= 0.6 is 11.6 Å². The normalized spacial score (nSPS) is 9.62. The van der Waals surface area contributed by atoms with Crippen molar-refractivity contribution in [3.8, 4) is 0 Å². The molecule has 0 saturated carbocycles. The van der Waals surface area contributed by atoms with E-state index in [0.717, 1.165) is 5.76 Å². The molecule has 0 aliphatic rings. The molecule has 1 heterocycles. The average Bonchev–Trinajstić information content (AvgIpc) is 2.19. The second kappa shape index (κ2) is 2.78. The molecule has 2 heteroatoms. The van der Waals surface area contributed by atoms with Gasteiger partial charge in [-0.05, 0) is 12.1 Å². The van der Waals surface area contributed by atoms with E-state index in [1.165, 1.54) is 0 Å². The minimum absolute atomic E-state index is 0.703. The van der Waals surface area contributed by atoms with Crippen LogP contribution < -0.4 is 0 Å². The molecule has 43 valence electrons. The van der Waals surface area contributed by atoms with Crippen molar-refractivity contribution >= 4 is 11.6 Å². The summed E-state index contributed by atoms with van der Waals surface area (Å²) in [7, 11) is 0. The zero-order valence-corrected chi connectivity index (χ0v) is 5.06. The summed E-state index contributed by atoms with van der Waals surface area (Å²) in [5.74, 6) is 2.44. The van der Waals surface area contributed by atoms with E-state index in [0.29, 0.717) is 6.42 Å². The van der Waals surface area contributed by atoms with Gasteiger partial charge in [0.2, 0.25) is 0 Å². The summed E-state index contributed by atoms with van der Waals surface area (Å²) < 4.78 is 4.96. The van der Waals surface area contributed by atoms with Gasteiger partial charge in [-0.3, -0.25) is 0 Å². The van der Waals surface area contributed by atoms with E-state index in [9.17, 15) is 0 Å². The van der Waals surface area contributed by atoms with Crippen LogP contribution in [0.25, 0.3) is 0 Å². The number of hydrogen-bond donors (Lipinski definition) is 0. The molecule has 8 heavy (non-hydrogen) atoms. The van der Waals surface area contributed by atoms with E-state index in [4.69, 9.17) is 16.0 Å². The highest BCUT2D eigenvalue weighted by Crippen LogP contribution is 2.03. The van der Waals surface area contributed by atoms with Gasteiger partial charge in [0.25, 0.3) is 0 Å². The van der Waals surface area contributed by atoms with Gasteiger partial charge in [-0.15, -0.1) is 11.6 Å². The molecule has 1 rings (SSSR count). The van der Waals surface area contributed by atoms with Crippen LogP contribution in [0.4, 0.5) is 0 Å². The van der Waals surface area contributed by atoms with Crippen LogP contribution in [0.5, 0.6) is 0 Å². The Balaban J connectivity index is 2.50. The second-order valence-electron chi connectivity index (χ2n) is 1.44. The van der Waals surface area contributed by atoms with E-state index in [2.05, 4.69) is 0 Å². The zero-order chi connectivity index (χ0) is 5.82. The molecular weight excluding hydrogens is 124 g/mol.